The Hall–Kier alpha value is -1.68. The predicted octanol–water partition coefficient (Wildman–Crippen LogP) is 2.81. The van der Waals surface area contributed by atoms with E-state index in [1.807, 2.05) is 35.7 Å². The van der Waals surface area contributed by atoms with Crippen LogP contribution >= 0.6 is 11.3 Å². The second-order valence-electron chi connectivity index (χ2n) is 5.81. The molecule has 120 valence electrons. The maximum atomic E-state index is 11.8. The summed E-state index contributed by atoms with van der Waals surface area (Å²) in [5, 5.41) is 11.3. The molecule has 1 aliphatic rings. The molecule has 1 aliphatic heterocycles. The molecule has 6 heteroatoms. The van der Waals surface area contributed by atoms with E-state index in [0.717, 1.165) is 12.1 Å². The molecule has 0 radical (unpaired) electrons. The van der Waals surface area contributed by atoms with Gasteiger partial charge in [0, 0.05) is 24.0 Å². The van der Waals surface area contributed by atoms with Crippen molar-refractivity contribution in [2.45, 2.75) is 25.6 Å². The summed E-state index contributed by atoms with van der Waals surface area (Å²) in [6.07, 6.45) is 0.669. The maximum Gasteiger partial charge on any atom is 0.151 e. The van der Waals surface area contributed by atoms with Gasteiger partial charge in [-0.05, 0) is 29.5 Å². The first kappa shape index (κ1) is 16.2. The minimum absolute atomic E-state index is 0.0221. The number of nitrogens with zero attached hydrogens (tertiary/aromatic N) is 2. The van der Waals surface area contributed by atoms with Crippen LogP contribution in [-0.4, -0.2) is 30.9 Å². The summed E-state index contributed by atoms with van der Waals surface area (Å²) in [7, 11) is -2.93. The zero-order chi connectivity index (χ0) is 16.3. The lowest BCUT2D eigenvalue weighted by atomic mass is 10.1. The summed E-state index contributed by atoms with van der Waals surface area (Å²) < 4.78 is 23.7. The maximum absolute atomic E-state index is 11.8. The van der Waals surface area contributed by atoms with Crippen LogP contribution in [0.3, 0.4) is 0 Å². The molecule has 0 aliphatic carbocycles. The van der Waals surface area contributed by atoms with Gasteiger partial charge in [-0.3, -0.25) is 4.90 Å². The van der Waals surface area contributed by atoms with E-state index in [-0.39, 0.29) is 17.5 Å². The third-order valence-electron chi connectivity index (χ3n) is 4.18. The molecule has 1 fully saturated rings. The summed E-state index contributed by atoms with van der Waals surface area (Å²) in [5.41, 5.74) is 1.61. The lowest BCUT2D eigenvalue weighted by Crippen LogP contribution is -2.35. The zero-order valence-corrected chi connectivity index (χ0v) is 14.3. The van der Waals surface area contributed by atoms with E-state index >= 15 is 0 Å². The van der Waals surface area contributed by atoms with Crippen LogP contribution in [0.5, 0.6) is 0 Å². The molecule has 0 bridgehead atoms. The smallest absolute Gasteiger partial charge is 0.151 e. The van der Waals surface area contributed by atoms with Gasteiger partial charge in [0.15, 0.2) is 9.84 Å². The van der Waals surface area contributed by atoms with Crippen LogP contribution in [-0.2, 0) is 22.9 Å². The van der Waals surface area contributed by atoms with E-state index in [2.05, 4.69) is 17.0 Å². The first-order valence-corrected chi connectivity index (χ1v) is 10.2. The van der Waals surface area contributed by atoms with E-state index < -0.39 is 9.84 Å². The largest absolute Gasteiger partial charge is 0.290 e. The highest BCUT2D eigenvalue weighted by Gasteiger charge is 2.32. The molecule has 4 nitrogen and oxygen atoms in total. The monoisotopic (exact) mass is 346 g/mol. The van der Waals surface area contributed by atoms with Gasteiger partial charge in [0.05, 0.1) is 23.1 Å². The fraction of sp³-hybridized carbons (Fsp3) is 0.353. The van der Waals surface area contributed by atoms with Gasteiger partial charge < -0.3 is 0 Å². The molecule has 0 spiro atoms. The Labute approximate surface area is 140 Å². The Morgan fingerprint density at radius 2 is 2.04 bits per heavy atom. The molecule has 1 atom stereocenters. The van der Waals surface area contributed by atoms with Gasteiger partial charge in [-0.15, -0.1) is 11.3 Å². The normalized spacial score (nSPS) is 19.7. The number of sulfone groups is 1. The highest BCUT2D eigenvalue weighted by molar-refractivity contribution is 7.91. The van der Waals surface area contributed by atoms with Crippen molar-refractivity contribution in [1.29, 1.82) is 5.26 Å². The Morgan fingerprint density at radius 3 is 2.70 bits per heavy atom. The van der Waals surface area contributed by atoms with Crippen molar-refractivity contribution in [3.8, 4) is 6.07 Å². The first-order valence-electron chi connectivity index (χ1n) is 7.52. The van der Waals surface area contributed by atoms with Crippen LogP contribution in [0.15, 0.2) is 41.8 Å². The number of hydrogen-bond acceptors (Lipinski definition) is 5. The molecule has 3 rings (SSSR count). The van der Waals surface area contributed by atoms with E-state index in [9.17, 15) is 13.7 Å². The molecule has 2 aromatic rings. The minimum atomic E-state index is -2.93. The molecular weight excluding hydrogens is 328 g/mol. The number of nitriles is 1. The molecule has 0 unspecified atom stereocenters. The SMILES string of the molecule is N#Cc1ccccc1CN(Cc1cccs1)[C@H]1CCS(=O)(=O)C1. The summed E-state index contributed by atoms with van der Waals surface area (Å²) >= 11 is 1.67. The highest BCUT2D eigenvalue weighted by atomic mass is 32.2. The van der Waals surface area contributed by atoms with Crippen LogP contribution < -0.4 is 0 Å². The predicted molar refractivity (Wildman–Crippen MR) is 91.8 cm³/mol. The van der Waals surface area contributed by atoms with Gasteiger partial charge in [0.2, 0.25) is 0 Å². The highest BCUT2D eigenvalue weighted by Crippen LogP contribution is 2.24. The second kappa shape index (κ2) is 6.83. The Bertz CT molecular complexity index is 807. The van der Waals surface area contributed by atoms with Crippen molar-refractivity contribution in [2.24, 2.45) is 0 Å². The number of thiophene rings is 1. The van der Waals surface area contributed by atoms with E-state index in [4.69, 9.17) is 0 Å². The van der Waals surface area contributed by atoms with E-state index in [1.165, 1.54) is 4.88 Å². The summed E-state index contributed by atoms with van der Waals surface area (Å²) in [5.74, 6) is 0.478. The molecule has 0 N–H and O–H groups in total. The van der Waals surface area contributed by atoms with Gasteiger partial charge >= 0.3 is 0 Å². The Balaban J connectivity index is 1.84. The Morgan fingerprint density at radius 1 is 1.22 bits per heavy atom. The third-order valence-corrected chi connectivity index (χ3v) is 6.79. The van der Waals surface area contributed by atoms with Crippen molar-refractivity contribution in [3.63, 3.8) is 0 Å². The average molecular weight is 346 g/mol. The number of rotatable bonds is 5. The molecular formula is C17H18N2O2S2. The summed E-state index contributed by atoms with van der Waals surface area (Å²) in [6, 6.07) is 13.9. The van der Waals surface area contributed by atoms with Crippen LogP contribution in [0.2, 0.25) is 0 Å². The van der Waals surface area contributed by atoms with Crippen molar-refractivity contribution < 1.29 is 8.42 Å². The number of hydrogen-bond donors (Lipinski definition) is 0. The standard InChI is InChI=1S/C17H18N2O2S2/c18-10-14-4-1-2-5-15(14)11-19(12-17-6-3-8-22-17)16-7-9-23(20,21)13-16/h1-6,8,16H,7,9,11-13H2/t16-/m0/s1. The first-order chi connectivity index (χ1) is 11.1. The van der Waals surface area contributed by atoms with E-state index in [0.29, 0.717) is 18.5 Å². The fourth-order valence-electron chi connectivity index (χ4n) is 2.97. The van der Waals surface area contributed by atoms with Gasteiger partial charge in [-0.25, -0.2) is 8.42 Å². The number of benzene rings is 1. The lowest BCUT2D eigenvalue weighted by molar-refractivity contribution is 0.196. The molecule has 1 aromatic carbocycles. The third kappa shape index (κ3) is 3.99. The second-order valence-corrected chi connectivity index (χ2v) is 9.07. The van der Waals surface area contributed by atoms with Crippen molar-refractivity contribution in [1.82, 2.24) is 4.90 Å². The molecule has 0 amide bonds. The van der Waals surface area contributed by atoms with Crippen LogP contribution in [0.1, 0.15) is 22.4 Å². The lowest BCUT2D eigenvalue weighted by Gasteiger charge is -2.28. The molecule has 23 heavy (non-hydrogen) atoms. The molecule has 0 saturated carbocycles. The van der Waals surface area contributed by atoms with E-state index in [1.54, 1.807) is 11.3 Å². The summed E-state index contributed by atoms with van der Waals surface area (Å²) in [6.45, 7) is 1.32. The van der Waals surface area contributed by atoms with Crippen molar-refractivity contribution in [3.05, 3.63) is 57.8 Å². The van der Waals surface area contributed by atoms with Gasteiger partial charge in [0.1, 0.15) is 0 Å². The summed E-state index contributed by atoms with van der Waals surface area (Å²) in [4.78, 5) is 3.41. The molecule has 2 heterocycles. The topological polar surface area (TPSA) is 61.2 Å². The molecule has 1 saturated heterocycles. The quantitative estimate of drug-likeness (QED) is 0.835. The zero-order valence-electron chi connectivity index (χ0n) is 12.7. The van der Waals surface area contributed by atoms with Gasteiger partial charge in [0.25, 0.3) is 0 Å². The molecule has 1 aromatic heterocycles. The Kier molecular flexibility index (Phi) is 4.81. The van der Waals surface area contributed by atoms with Crippen molar-refractivity contribution in [2.75, 3.05) is 11.5 Å². The van der Waals surface area contributed by atoms with Gasteiger partial charge in [-0.1, -0.05) is 24.3 Å². The van der Waals surface area contributed by atoms with Gasteiger partial charge in [-0.2, -0.15) is 5.26 Å². The van der Waals surface area contributed by atoms with Crippen molar-refractivity contribution >= 4 is 21.2 Å². The van der Waals surface area contributed by atoms with Crippen LogP contribution in [0.25, 0.3) is 0 Å². The van der Waals surface area contributed by atoms with Crippen LogP contribution in [0.4, 0.5) is 0 Å². The fourth-order valence-corrected chi connectivity index (χ4v) is 5.46. The average Bonchev–Trinajstić information content (AvgIpc) is 3.16. The van der Waals surface area contributed by atoms with Crippen LogP contribution in [0, 0.1) is 11.3 Å². The minimum Gasteiger partial charge on any atom is -0.290 e.